The third-order valence-electron chi connectivity index (χ3n) is 6.98. The summed E-state index contributed by atoms with van der Waals surface area (Å²) in [6.07, 6.45) is 4.92. The molecule has 1 aliphatic heterocycles. The van der Waals surface area contributed by atoms with Crippen LogP contribution in [0.2, 0.25) is 0 Å². The Labute approximate surface area is 195 Å². The Morgan fingerprint density at radius 1 is 0.727 bits per heavy atom. The van der Waals surface area contributed by atoms with Crippen molar-refractivity contribution in [2.45, 2.75) is 52.0 Å². The Morgan fingerprint density at radius 2 is 1.45 bits per heavy atom. The van der Waals surface area contributed by atoms with Gasteiger partial charge < -0.3 is 0 Å². The molecule has 0 aliphatic carbocycles. The van der Waals surface area contributed by atoms with Gasteiger partial charge in [-0.2, -0.15) is 0 Å². The molecule has 2 amide bonds. The van der Waals surface area contributed by atoms with Crippen LogP contribution in [0.5, 0.6) is 0 Å². The number of amides is 2. The molecule has 1 aliphatic rings. The van der Waals surface area contributed by atoms with Gasteiger partial charge >= 0.3 is 0 Å². The topological polar surface area (TPSA) is 37.4 Å². The molecule has 166 valence electrons. The SMILES string of the molecule is CCCCCC(CC)N1C(=O)c2cccc3c(-c4ccc5ccccc5c4)ccc(c23)C1=O. The van der Waals surface area contributed by atoms with E-state index in [1.807, 2.05) is 42.5 Å². The zero-order valence-corrected chi connectivity index (χ0v) is 19.3. The van der Waals surface area contributed by atoms with E-state index < -0.39 is 0 Å². The maximum absolute atomic E-state index is 13.6. The molecule has 0 aromatic heterocycles. The number of hydrogen-bond donors (Lipinski definition) is 0. The summed E-state index contributed by atoms with van der Waals surface area (Å²) in [5.74, 6) is -0.311. The lowest BCUT2D eigenvalue weighted by atomic mass is 9.87. The maximum atomic E-state index is 13.6. The molecular weight excluding hydrogens is 406 g/mol. The second kappa shape index (κ2) is 8.82. The van der Waals surface area contributed by atoms with Gasteiger partial charge in [0.05, 0.1) is 0 Å². The van der Waals surface area contributed by atoms with E-state index in [0.29, 0.717) is 11.1 Å². The van der Waals surface area contributed by atoms with Crippen LogP contribution in [-0.4, -0.2) is 22.8 Å². The van der Waals surface area contributed by atoms with Crippen molar-refractivity contribution in [3.8, 4) is 11.1 Å². The zero-order chi connectivity index (χ0) is 22.9. The third-order valence-corrected chi connectivity index (χ3v) is 6.98. The lowest BCUT2D eigenvalue weighted by Crippen LogP contribution is -2.46. The number of fused-ring (bicyclic) bond motifs is 1. The van der Waals surface area contributed by atoms with Crippen LogP contribution in [-0.2, 0) is 0 Å². The van der Waals surface area contributed by atoms with Gasteiger partial charge in [0.15, 0.2) is 0 Å². The summed E-state index contributed by atoms with van der Waals surface area (Å²) >= 11 is 0. The summed E-state index contributed by atoms with van der Waals surface area (Å²) in [4.78, 5) is 28.7. The molecule has 4 aromatic carbocycles. The highest BCUT2D eigenvalue weighted by molar-refractivity contribution is 6.27. The van der Waals surface area contributed by atoms with Crippen LogP contribution >= 0.6 is 0 Å². The largest absolute Gasteiger partial charge is 0.271 e. The van der Waals surface area contributed by atoms with Gasteiger partial charge in [0.1, 0.15) is 0 Å². The minimum Gasteiger partial charge on any atom is -0.271 e. The van der Waals surface area contributed by atoms with Crippen molar-refractivity contribution >= 4 is 33.4 Å². The van der Waals surface area contributed by atoms with Crippen LogP contribution in [0.25, 0.3) is 32.7 Å². The molecule has 3 nitrogen and oxygen atoms in total. The molecule has 4 aromatic rings. The summed E-state index contributed by atoms with van der Waals surface area (Å²) in [5, 5.41) is 4.11. The van der Waals surface area contributed by atoms with E-state index in [2.05, 4.69) is 44.2 Å². The molecule has 1 atom stereocenters. The first-order chi connectivity index (χ1) is 16.1. The van der Waals surface area contributed by atoms with Gasteiger partial charge in [-0.05, 0) is 58.3 Å². The van der Waals surface area contributed by atoms with Gasteiger partial charge in [0.25, 0.3) is 11.8 Å². The van der Waals surface area contributed by atoms with Crippen molar-refractivity contribution < 1.29 is 9.59 Å². The van der Waals surface area contributed by atoms with E-state index in [-0.39, 0.29) is 17.9 Å². The van der Waals surface area contributed by atoms with Crippen molar-refractivity contribution in [2.24, 2.45) is 0 Å². The number of imide groups is 1. The van der Waals surface area contributed by atoms with E-state index in [0.717, 1.165) is 54.0 Å². The Bertz CT molecular complexity index is 1350. The maximum Gasteiger partial charge on any atom is 0.261 e. The molecule has 0 saturated heterocycles. The average molecular weight is 436 g/mol. The van der Waals surface area contributed by atoms with Crippen molar-refractivity contribution in [1.82, 2.24) is 4.90 Å². The Hall–Kier alpha value is -3.46. The predicted octanol–water partition coefficient (Wildman–Crippen LogP) is 7.61. The lowest BCUT2D eigenvalue weighted by molar-refractivity contribution is 0.0524. The summed E-state index contributed by atoms with van der Waals surface area (Å²) in [5.41, 5.74) is 3.41. The fraction of sp³-hybridized carbons (Fsp3) is 0.267. The van der Waals surface area contributed by atoms with Crippen LogP contribution in [0.3, 0.4) is 0 Å². The zero-order valence-electron chi connectivity index (χ0n) is 19.3. The van der Waals surface area contributed by atoms with Gasteiger partial charge in [-0.15, -0.1) is 0 Å². The highest BCUT2D eigenvalue weighted by atomic mass is 16.2. The van der Waals surface area contributed by atoms with Gasteiger partial charge in [-0.3, -0.25) is 14.5 Å². The summed E-state index contributed by atoms with van der Waals surface area (Å²) in [6.45, 7) is 4.23. The highest BCUT2D eigenvalue weighted by Gasteiger charge is 2.36. The Morgan fingerprint density at radius 3 is 2.21 bits per heavy atom. The van der Waals surface area contributed by atoms with Crippen LogP contribution in [0.1, 0.15) is 66.7 Å². The first-order valence-corrected chi connectivity index (χ1v) is 12.1. The van der Waals surface area contributed by atoms with Gasteiger partial charge in [0.2, 0.25) is 0 Å². The van der Waals surface area contributed by atoms with E-state index in [1.165, 1.54) is 15.7 Å². The third kappa shape index (κ3) is 3.62. The molecule has 1 heterocycles. The molecule has 0 bridgehead atoms. The summed E-state index contributed by atoms with van der Waals surface area (Å²) < 4.78 is 0. The quantitative estimate of drug-likeness (QED) is 0.221. The predicted molar refractivity (Wildman–Crippen MR) is 136 cm³/mol. The van der Waals surface area contributed by atoms with Crippen LogP contribution in [0, 0.1) is 0 Å². The fourth-order valence-corrected chi connectivity index (χ4v) is 5.20. The summed E-state index contributed by atoms with van der Waals surface area (Å²) in [7, 11) is 0. The molecule has 0 spiro atoms. The fourth-order valence-electron chi connectivity index (χ4n) is 5.20. The Balaban J connectivity index is 1.62. The number of carbonyl (C=O) groups is 2. The Kier molecular flexibility index (Phi) is 5.72. The monoisotopic (exact) mass is 435 g/mol. The van der Waals surface area contributed by atoms with Crippen molar-refractivity contribution in [1.29, 1.82) is 0 Å². The molecule has 0 N–H and O–H groups in total. The standard InChI is InChI=1S/C30H29NO2/c1-3-5-6-12-23(4-2)31-29(32)26-14-9-13-25-24(17-18-27(28(25)26)30(31)33)22-16-15-20-10-7-8-11-21(20)19-22/h7-11,13-19,23H,3-6,12H2,1-2H3. The van der Waals surface area contributed by atoms with Crippen molar-refractivity contribution in [3.63, 3.8) is 0 Å². The molecule has 33 heavy (non-hydrogen) atoms. The first-order valence-electron chi connectivity index (χ1n) is 12.1. The minimum absolute atomic E-state index is 0.0554. The molecule has 3 heteroatoms. The molecular formula is C30H29NO2. The van der Waals surface area contributed by atoms with Crippen molar-refractivity contribution in [2.75, 3.05) is 0 Å². The number of nitrogens with zero attached hydrogens (tertiary/aromatic N) is 1. The van der Waals surface area contributed by atoms with E-state index >= 15 is 0 Å². The first kappa shape index (κ1) is 21.4. The highest BCUT2D eigenvalue weighted by Crippen LogP contribution is 2.38. The molecule has 0 fully saturated rings. The van der Waals surface area contributed by atoms with Crippen LogP contribution in [0.4, 0.5) is 0 Å². The molecule has 1 unspecified atom stereocenters. The second-order valence-corrected chi connectivity index (χ2v) is 8.99. The number of unbranched alkanes of at least 4 members (excludes halogenated alkanes) is 2. The molecule has 0 radical (unpaired) electrons. The van der Waals surface area contributed by atoms with Crippen LogP contribution in [0.15, 0.2) is 72.8 Å². The van der Waals surface area contributed by atoms with E-state index in [9.17, 15) is 9.59 Å². The van der Waals surface area contributed by atoms with E-state index in [4.69, 9.17) is 0 Å². The summed E-state index contributed by atoms with van der Waals surface area (Å²) in [6, 6.07) is 24.5. The van der Waals surface area contributed by atoms with Crippen molar-refractivity contribution in [3.05, 3.63) is 83.9 Å². The molecule has 5 rings (SSSR count). The second-order valence-electron chi connectivity index (χ2n) is 8.99. The smallest absolute Gasteiger partial charge is 0.261 e. The minimum atomic E-state index is -0.155. The van der Waals surface area contributed by atoms with Gasteiger partial charge in [-0.25, -0.2) is 0 Å². The average Bonchev–Trinajstić information content (AvgIpc) is 2.85. The number of rotatable bonds is 7. The normalized spacial score (nSPS) is 14.3. The van der Waals surface area contributed by atoms with Gasteiger partial charge in [0, 0.05) is 22.6 Å². The molecule has 0 saturated carbocycles. The number of carbonyl (C=O) groups excluding carboxylic acids is 2. The van der Waals surface area contributed by atoms with Crippen LogP contribution < -0.4 is 0 Å². The number of benzene rings is 4. The van der Waals surface area contributed by atoms with Gasteiger partial charge in [-0.1, -0.05) is 87.7 Å². The number of hydrogen-bond acceptors (Lipinski definition) is 2. The van der Waals surface area contributed by atoms with E-state index in [1.54, 1.807) is 0 Å². The lowest BCUT2D eigenvalue weighted by Gasteiger charge is -2.34.